The monoisotopic (exact) mass is 280 g/mol. The van der Waals surface area contributed by atoms with Gasteiger partial charge in [0.25, 0.3) is 0 Å². The zero-order chi connectivity index (χ0) is 14.8. The third kappa shape index (κ3) is 2.67. The van der Waals surface area contributed by atoms with Crippen LogP contribution >= 0.6 is 0 Å². The summed E-state index contributed by atoms with van der Waals surface area (Å²) in [7, 11) is 0. The lowest BCUT2D eigenvalue weighted by Crippen LogP contribution is -1.94. The first-order valence-corrected chi connectivity index (χ1v) is 6.38. The van der Waals surface area contributed by atoms with Crippen molar-refractivity contribution in [3.63, 3.8) is 0 Å². The van der Waals surface area contributed by atoms with Gasteiger partial charge in [-0.25, -0.2) is 4.79 Å². The fourth-order valence-electron chi connectivity index (χ4n) is 1.99. The van der Waals surface area contributed by atoms with Crippen LogP contribution in [0.3, 0.4) is 0 Å². The SMILES string of the molecule is Cc1cccc(-c2nnc(-c3ccc(C(=O)O)cc3)o2)c1. The summed E-state index contributed by atoms with van der Waals surface area (Å²) in [5.41, 5.74) is 2.87. The Hall–Kier alpha value is -2.95. The van der Waals surface area contributed by atoms with E-state index in [1.807, 2.05) is 31.2 Å². The number of carboxylic acid groups (broad SMARTS) is 1. The molecule has 1 aromatic heterocycles. The molecule has 0 aliphatic rings. The van der Waals surface area contributed by atoms with Gasteiger partial charge in [-0.05, 0) is 43.3 Å². The molecule has 0 unspecified atom stereocenters. The number of aromatic nitrogens is 2. The Balaban J connectivity index is 1.93. The summed E-state index contributed by atoms with van der Waals surface area (Å²) in [5.74, 6) is -0.160. The molecule has 0 amide bonds. The number of nitrogens with zero attached hydrogens (tertiary/aromatic N) is 2. The largest absolute Gasteiger partial charge is 0.478 e. The molecule has 0 fully saturated rings. The summed E-state index contributed by atoms with van der Waals surface area (Å²) >= 11 is 0. The van der Waals surface area contributed by atoms with Gasteiger partial charge < -0.3 is 9.52 Å². The second kappa shape index (κ2) is 5.20. The first kappa shape index (κ1) is 13.1. The highest BCUT2D eigenvalue weighted by molar-refractivity contribution is 5.88. The molecular formula is C16H12N2O3. The van der Waals surface area contributed by atoms with E-state index >= 15 is 0 Å². The Morgan fingerprint density at radius 3 is 2.29 bits per heavy atom. The van der Waals surface area contributed by atoms with Gasteiger partial charge in [-0.3, -0.25) is 0 Å². The van der Waals surface area contributed by atoms with E-state index in [0.29, 0.717) is 17.3 Å². The fourth-order valence-corrected chi connectivity index (χ4v) is 1.99. The molecule has 0 radical (unpaired) electrons. The highest BCUT2D eigenvalue weighted by Gasteiger charge is 2.11. The minimum Gasteiger partial charge on any atom is -0.478 e. The number of hydrogen-bond acceptors (Lipinski definition) is 4. The summed E-state index contributed by atoms with van der Waals surface area (Å²) in [6.45, 7) is 1.99. The molecule has 0 atom stereocenters. The lowest BCUT2D eigenvalue weighted by molar-refractivity contribution is 0.0697. The van der Waals surface area contributed by atoms with Crippen LogP contribution in [0.1, 0.15) is 15.9 Å². The highest BCUT2D eigenvalue weighted by atomic mass is 16.4. The van der Waals surface area contributed by atoms with Crippen molar-refractivity contribution < 1.29 is 14.3 Å². The summed E-state index contributed by atoms with van der Waals surface area (Å²) in [6.07, 6.45) is 0. The van der Waals surface area contributed by atoms with Crippen LogP contribution in [-0.4, -0.2) is 21.3 Å². The summed E-state index contributed by atoms with van der Waals surface area (Å²) in [4.78, 5) is 10.8. The molecule has 5 nitrogen and oxygen atoms in total. The van der Waals surface area contributed by atoms with Gasteiger partial charge in [-0.2, -0.15) is 0 Å². The quantitative estimate of drug-likeness (QED) is 0.795. The Morgan fingerprint density at radius 1 is 1.00 bits per heavy atom. The molecular weight excluding hydrogens is 268 g/mol. The third-order valence-corrected chi connectivity index (χ3v) is 3.07. The standard InChI is InChI=1S/C16H12N2O3/c1-10-3-2-4-13(9-10)15-18-17-14(21-15)11-5-7-12(8-6-11)16(19)20/h2-9H,1H3,(H,19,20). The van der Waals surface area contributed by atoms with Crippen LogP contribution < -0.4 is 0 Å². The second-order valence-electron chi connectivity index (χ2n) is 4.66. The van der Waals surface area contributed by atoms with Crippen LogP contribution in [0.5, 0.6) is 0 Å². The summed E-state index contributed by atoms with van der Waals surface area (Å²) in [5, 5.41) is 16.9. The van der Waals surface area contributed by atoms with E-state index in [4.69, 9.17) is 9.52 Å². The highest BCUT2D eigenvalue weighted by Crippen LogP contribution is 2.24. The van der Waals surface area contributed by atoms with Crippen molar-refractivity contribution in [3.05, 3.63) is 59.7 Å². The van der Waals surface area contributed by atoms with Gasteiger partial charge in [0.2, 0.25) is 11.8 Å². The normalized spacial score (nSPS) is 10.5. The van der Waals surface area contributed by atoms with Crippen LogP contribution in [0.15, 0.2) is 52.9 Å². The van der Waals surface area contributed by atoms with Gasteiger partial charge in [-0.1, -0.05) is 17.7 Å². The molecule has 3 rings (SSSR count). The Labute approximate surface area is 120 Å². The average Bonchev–Trinajstić information content (AvgIpc) is 2.97. The third-order valence-electron chi connectivity index (χ3n) is 3.07. The van der Waals surface area contributed by atoms with Crippen LogP contribution in [0.25, 0.3) is 22.9 Å². The number of aromatic carboxylic acids is 1. The van der Waals surface area contributed by atoms with Gasteiger partial charge in [-0.15, -0.1) is 10.2 Å². The van der Waals surface area contributed by atoms with Crippen molar-refractivity contribution in [2.45, 2.75) is 6.92 Å². The van der Waals surface area contributed by atoms with Crippen LogP contribution in [0.2, 0.25) is 0 Å². The van der Waals surface area contributed by atoms with Crippen molar-refractivity contribution in [2.75, 3.05) is 0 Å². The van der Waals surface area contributed by atoms with Crippen molar-refractivity contribution in [1.29, 1.82) is 0 Å². The molecule has 3 aromatic rings. The lowest BCUT2D eigenvalue weighted by atomic mass is 10.1. The lowest BCUT2D eigenvalue weighted by Gasteiger charge is -1.97. The summed E-state index contributed by atoms with van der Waals surface area (Å²) < 4.78 is 5.64. The molecule has 0 aliphatic carbocycles. The molecule has 21 heavy (non-hydrogen) atoms. The zero-order valence-corrected chi connectivity index (χ0v) is 11.3. The van der Waals surface area contributed by atoms with E-state index in [9.17, 15) is 4.79 Å². The maximum absolute atomic E-state index is 10.8. The number of carbonyl (C=O) groups is 1. The number of aryl methyl sites for hydroxylation is 1. The van der Waals surface area contributed by atoms with Gasteiger partial charge in [0.05, 0.1) is 5.56 Å². The first-order valence-electron chi connectivity index (χ1n) is 6.38. The topological polar surface area (TPSA) is 76.2 Å². The van der Waals surface area contributed by atoms with Crippen molar-refractivity contribution in [3.8, 4) is 22.9 Å². The zero-order valence-electron chi connectivity index (χ0n) is 11.3. The number of hydrogen-bond donors (Lipinski definition) is 1. The average molecular weight is 280 g/mol. The first-order chi connectivity index (χ1) is 10.1. The maximum atomic E-state index is 10.8. The van der Waals surface area contributed by atoms with Crippen LogP contribution in [-0.2, 0) is 0 Å². The van der Waals surface area contributed by atoms with E-state index in [2.05, 4.69) is 10.2 Å². The van der Waals surface area contributed by atoms with E-state index in [0.717, 1.165) is 11.1 Å². The predicted octanol–water partition coefficient (Wildman–Crippen LogP) is 3.41. The van der Waals surface area contributed by atoms with Crippen molar-refractivity contribution in [2.24, 2.45) is 0 Å². The van der Waals surface area contributed by atoms with Gasteiger partial charge >= 0.3 is 5.97 Å². The number of carboxylic acids is 1. The van der Waals surface area contributed by atoms with Gasteiger partial charge in [0.15, 0.2) is 0 Å². The molecule has 0 spiro atoms. The van der Waals surface area contributed by atoms with Crippen LogP contribution in [0, 0.1) is 6.92 Å². The molecule has 0 bridgehead atoms. The smallest absolute Gasteiger partial charge is 0.335 e. The second-order valence-corrected chi connectivity index (χ2v) is 4.66. The van der Waals surface area contributed by atoms with Crippen LogP contribution in [0.4, 0.5) is 0 Å². The number of rotatable bonds is 3. The van der Waals surface area contributed by atoms with E-state index in [1.54, 1.807) is 12.1 Å². The Bertz CT molecular complexity index is 791. The fraction of sp³-hybridized carbons (Fsp3) is 0.0625. The minimum absolute atomic E-state index is 0.220. The van der Waals surface area contributed by atoms with E-state index in [1.165, 1.54) is 12.1 Å². The molecule has 104 valence electrons. The molecule has 5 heteroatoms. The minimum atomic E-state index is -0.965. The van der Waals surface area contributed by atoms with E-state index in [-0.39, 0.29) is 5.56 Å². The maximum Gasteiger partial charge on any atom is 0.335 e. The molecule has 1 heterocycles. The summed E-state index contributed by atoms with van der Waals surface area (Å²) in [6, 6.07) is 14.1. The molecule has 0 aliphatic heterocycles. The van der Waals surface area contributed by atoms with Crippen molar-refractivity contribution >= 4 is 5.97 Å². The van der Waals surface area contributed by atoms with Gasteiger partial charge in [0, 0.05) is 11.1 Å². The van der Waals surface area contributed by atoms with Gasteiger partial charge in [0.1, 0.15) is 0 Å². The Kier molecular flexibility index (Phi) is 3.23. The van der Waals surface area contributed by atoms with Crippen molar-refractivity contribution in [1.82, 2.24) is 10.2 Å². The molecule has 0 saturated heterocycles. The predicted molar refractivity (Wildman–Crippen MR) is 76.9 cm³/mol. The molecule has 0 saturated carbocycles. The molecule has 2 aromatic carbocycles. The number of benzene rings is 2. The Morgan fingerprint density at radius 2 is 1.67 bits per heavy atom. The van der Waals surface area contributed by atoms with E-state index < -0.39 is 5.97 Å². The molecule has 1 N–H and O–H groups in total.